The van der Waals surface area contributed by atoms with Gasteiger partial charge in [-0.15, -0.1) is 0 Å². The quantitative estimate of drug-likeness (QED) is 0.355. The largest absolute Gasteiger partial charge is 0.478 e. The van der Waals surface area contributed by atoms with E-state index in [4.69, 9.17) is 0 Å². The van der Waals surface area contributed by atoms with Crippen LogP contribution in [0.25, 0.3) is 0 Å². The first-order valence-corrected chi connectivity index (χ1v) is 13.1. The predicted octanol–water partition coefficient (Wildman–Crippen LogP) is 5.20. The highest BCUT2D eigenvalue weighted by Gasteiger charge is 2.30. The number of rotatable bonds is 7. The number of halogens is 3. The molecular weight excluding hydrogens is 593 g/mol. The van der Waals surface area contributed by atoms with Crippen LogP contribution < -0.4 is 5.32 Å². The van der Waals surface area contributed by atoms with Crippen molar-refractivity contribution in [2.45, 2.75) is 27.3 Å². The summed E-state index contributed by atoms with van der Waals surface area (Å²) < 4.78 is 33.5. The van der Waals surface area contributed by atoms with Crippen molar-refractivity contribution in [3.05, 3.63) is 79.7 Å². The van der Waals surface area contributed by atoms with Gasteiger partial charge in [-0.1, -0.05) is 0 Å². The Morgan fingerprint density at radius 3 is 2.16 bits per heavy atom. The molecule has 0 bridgehead atoms. The molecule has 2 aromatic carbocycles. The van der Waals surface area contributed by atoms with Gasteiger partial charge in [0.05, 0.1) is 16.8 Å². The summed E-state index contributed by atoms with van der Waals surface area (Å²) in [5.74, 6) is -4.93. The van der Waals surface area contributed by atoms with Gasteiger partial charge in [0.2, 0.25) is 0 Å². The van der Waals surface area contributed by atoms with E-state index in [-0.39, 0.29) is 0 Å². The van der Waals surface area contributed by atoms with Crippen LogP contribution in [-0.2, 0) is 6.54 Å². The smallest absolute Gasteiger partial charge is 0.337 e. The van der Waals surface area contributed by atoms with Crippen LogP contribution in [-0.4, -0.2) is 64.1 Å². The second kappa shape index (κ2) is 11.2. The number of aromatic nitrogens is 1. The van der Waals surface area contributed by atoms with Crippen LogP contribution in [0.15, 0.2) is 36.4 Å². The zero-order valence-electron chi connectivity index (χ0n) is 20.9. The van der Waals surface area contributed by atoms with Crippen LogP contribution >= 0.6 is 22.6 Å². The minimum atomic E-state index is -1.46. The summed E-state index contributed by atoms with van der Waals surface area (Å²) in [4.78, 5) is 28.8. The van der Waals surface area contributed by atoms with E-state index in [1.165, 1.54) is 16.3 Å². The number of hydrogen-bond donors (Lipinski definition) is 2. The van der Waals surface area contributed by atoms with E-state index in [9.17, 15) is 14.7 Å². The van der Waals surface area contributed by atoms with Gasteiger partial charge in [-0.25, -0.2) is 13.6 Å². The molecule has 2 heterocycles. The van der Waals surface area contributed by atoms with Crippen LogP contribution in [0.3, 0.4) is 0 Å². The second-order valence-electron chi connectivity index (χ2n) is 9.27. The fourth-order valence-corrected chi connectivity index (χ4v) is 5.26. The van der Waals surface area contributed by atoms with Gasteiger partial charge < -0.3 is 19.9 Å². The minimum absolute atomic E-state index is 0.341. The average Bonchev–Trinajstić information content (AvgIpc) is 3.18. The number of aryl methyl sites for hydroxylation is 3. The summed E-state index contributed by atoms with van der Waals surface area (Å²) in [5, 5.41) is 12.4. The molecule has 0 aliphatic carbocycles. The molecular formula is C27H29F2IN4O3. The zero-order chi connectivity index (χ0) is 26.9. The standard InChI is InChI=1S/C27H29F2IN4O3/c1-16-14-19(30)6-7-22(16)31-25-21(27(36)37)15-20(23(28)24(25)29)26(35)33-11-8-32(9-12-33)10-13-34-17(2)4-5-18(34)3/h4-7,14-15,31H,8-13H2,1-3H3,(H,36,37). The number of carbonyl (C=O) groups is 2. The molecule has 4 rings (SSSR count). The van der Waals surface area contributed by atoms with Gasteiger partial charge in [0, 0.05) is 59.9 Å². The third-order valence-electron chi connectivity index (χ3n) is 6.83. The number of carboxylic acid groups (broad SMARTS) is 1. The number of anilines is 2. The monoisotopic (exact) mass is 622 g/mol. The Morgan fingerprint density at radius 2 is 1.57 bits per heavy atom. The lowest BCUT2D eigenvalue weighted by atomic mass is 10.0. The van der Waals surface area contributed by atoms with Crippen molar-refractivity contribution in [1.29, 1.82) is 0 Å². The minimum Gasteiger partial charge on any atom is -0.478 e. The van der Waals surface area contributed by atoms with Crippen LogP contribution in [0.5, 0.6) is 0 Å². The second-order valence-corrected chi connectivity index (χ2v) is 10.5. The normalized spacial score (nSPS) is 14.2. The van der Waals surface area contributed by atoms with Crippen LogP contribution in [0.2, 0.25) is 0 Å². The van der Waals surface area contributed by atoms with E-state index < -0.39 is 40.3 Å². The lowest BCUT2D eigenvalue weighted by Crippen LogP contribution is -2.49. The van der Waals surface area contributed by atoms with Crippen LogP contribution in [0, 0.1) is 36.0 Å². The summed E-state index contributed by atoms with van der Waals surface area (Å²) >= 11 is 2.12. The molecule has 2 N–H and O–H groups in total. The Kier molecular flexibility index (Phi) is 8.17. The van der Waals surface area contributed by atoms with Gasteiger partial charge in [-0.2, -0.15) is 0 Å². The van der Waals surface area contributed by atoms with E-state index in [2.05, 4.69) is 63.4 Å². The molecule has 1 saturated heterocycles. The van der Waals surface area contributed by atoms with Crippen molar-refractivity contribution in [2.24, 2.45) is 0 Å². The zero-order valence-corrected chi connectivity index (χ0v) is 23.1. The molecule has 7 nitrogen and oxygen atoms in total. The predicted molar refractivity (Wildman–Crippen MR) is 147 cm³/mol. The van der Waals surface area contributed by atoms with Crippen LogP contribution in [0.1, 0.15) is 37.7 Å². The van der Waals surface area contributed by atoms with E-state index in [0.717, 1.165) is 28.3 Å². The van der Waals surface area contributed by atoms with Gasteiger partial charge in [0.1, 0.15) is 0 Å². The topological polar surface area (TPSA) is 77.8 Å². The highest BCUT2D eigenvalue weighted by molar-refractivity contribution is 14.1. The fraction of sp³-hybridized carbons (Fsp3) is 0.333. The molecule has 0 spiro atoms. The number of nitrogens with zero attached hydrogens (tertiary/aromatic N) is 3. The highest BCUT2D eigenvalue weighted by atomic mass is 127. The third-order valence-corrected chi connectivity index (χ3v) is 7.50. The third kappa shape index (κ3) is 5.80. The molecule has 1 aliphatic rings. The number of hydrogen-bond acceptors (Lipinski definition) is 4. The molecule has 1 aromatic heterocycles. The Balaban J connectivity index is 1.49. The van der Waals surface area contributed by atoms with Gasteiger partial charge in [-0.3, -0.25) is 9.69 Å². The lowest BCUT2D eigenvalue weighted by Gasteiger charge is -2.35. The van der Waals surface area contributed by atoms with Gasteiger partial charge in [0.15, 0.2) is 11.6 Å². The Morgan fingerprint density at radius 1 is 0.919 bits per heavy atom. The average molecular weight is 622 g/mol. The van der Waals surface area contributed by atoms with Crippen LogP contribution in [0.4, 0.5) is 20.2 Å². The molecule has 1 amide bonds. The number of piperazine rings is 1. The molecule has 1 aliphatic heterocycles. The number of amides is 1. The number of nitrogens with one attached hydrogen (secondary N) is 1. The van der Waals surface area contributed by atoms with Gasteiger partial charge in [0.25, 0.3) is 5.91 Å². The Hall–Kier alpha value is -2.99. The van der Waals surface area contributed by atoms with Gasteiger partial charge >= 0.3 is 5.97 Å². The maximum absolute atomic E-state index is 15.2. The first-order valence-electron chi connectivity index (χ1n) is 12.0. The summed E-state index contributed by atoms with van der Waals surface area (Å²) in [6.07, 6.45) is 0. The molecule has 0 unspecified atom stereocenters. The van der Waals surface area contributed by atoms with Crippen molar-refractivity contribution in [2.75, 3.05) is 38.0 Å². The molecule has 1 fully saturated rings. The lowest BCUT2D eigenvalue weighted by molar-refractivity contribution is 0.0627. The highest BCUT2D eigenvalue weighted by Crippen LogP contribution is 2.31. The molecule has 0 radical (unpaired) electrons. The van der Waals surface area contributed by atoms with E-state index in [0.29, 0.717) is 31.9 Å². The molecule has 0 atom stereocenters. The Bertz CT molecular complexity index is 1330. The van der Waals surface area contributed by atoms with Crippen molar-refractivity contribution in [3.8, 4) is 0 Å². The number of aromatic carboxylic acids is 1. The fourth-order valence-electron chi connectivity index (χ4n) is 4.61. The maximum Gasteiger partial charge on any atom is 0.337 e. The Labute approximate surface area is 228 Å². The SMILES string of the molecule is Cc1cc(I)ccc1Nc1c(C(=O)O)cc(C(=O)N2CCN(CCn3c(C)ccc3C)CC2)c(F)c1F. The summed E-state index contributed by atoms with van der Waals surface area (Å²) in [6, 6.07) is 10.3. The van der Waals surface area contributed by atoms with E-state index in [1.54, 1.807) is 19.1 Å². The number of benzene rings is 2. The van der Waals surface area contributed by atoms with Crippen molar-refractivity contribution < 1.29 is 23.5 Å². The van der Waals surface area contributed by atoms with Crippen molar-refractivity contribution in [3.63, 3.8) is 0 Å². The van der Waals surface area contributed by atoms with E-state index >= 15 is 8.78 Å². The molecule has 3 aromatic rings. The summed E-state index contributed by atoms with van der Waals surface area (Å²) in [7, 11) is 0. The molecule has 196 valence electrons. The molecule has 37 heavy (non-hydrogen) atoms. The van der Waals surface area contributed by atoms with Crippen molar-refractivity contribution in [1.82, 2.24) is 14.4 Å². The maximum atomic E-state index is 15.2. The van der Waals surface area contributed by atoms with E-state index in [1.807, 2.05) is 6.07 Å². The van der Waals surface area contributed by atoms with Gasteiger partial charge in [-0.05, 0) is 85.3 Å². The first kappa shape index (κ1) is 27.1. The summed E-state index contributed by atoms with van der Waals surface area (Å²) in [5.41, 5.74) is 1.97. The number of carboxylic acids is 1. The van der Waals surface area contributed by atoms with Crippen molar-refractivity contribution >= 4 is 45.8 Å². The molecule has 10 heteroatoms. The molecule has 0 saturated carbocycles. The first-order chi connectivity index (χ1) is 17.6. The summed E-state index contributed by atoms with van der Waals surface area (Å²) in [6.45, 7) is 9.40. The number of carbonyl (C=O) groups excluding carboxylic acids is 1.